The number of para-hydroxylation sites is 6. The van der Waals surface area contributed by atoms with Gasteiger partial charge in [-0.1, -0.05) is 103 Å². The van der Waals surface area contributed by atoms with E-state index in [1.54, 1.807) is 0 Å². The summed E-state index contributed by atoms with van der Waals surface area (Å²) in [5, 5.41) is 6.28. The number of furan rings is 3. The fourth-order valence-corrected chi connectivity index (χ4v) is 9.05. The first-order valence-corrected chi connectivity index (χ1v) is 20.6. The largest absolute Gasteiger partial charge is 0.456 e. The van der Waals surface area contributed by atoms with Crippen LogP contribution in [0.4, 0.5) is 34.1 Å². The van der Waals surface area contributed by atoms with E-state index in [0.717, 1.165) is 106 Å². The SMILES string of the molecule is c1ccc(N(c2cc(N(c3ccccc3)c3cccc4c3oc3ccccc34)c3oc(-c4ccc5c(c4)oc4ccccc45)nc3c2)c2ccc3oc4ccccc4c3c2)cc1. The van der Waals surface area contributed by atoms with Gasteiger partial charge in [-0.3, -0.25) is 0 Å². The highest BCUT2D eigenvalue weighted by Crippen LogP contribution is 2.48. The average Bonchev–Trinajstić information content (AvgIpc) is 4.11. The summed E-state index contributed by atoms with van der Waals surface area (Å²) in [6, 6.07) is 68.4. The molecule has 292 valence electrons. The highest BCUT2D eigenvalue weighted by atomic mass is 16.4. The van der Waals surface area contributed by atoms with Gasteiger partial charge < -0.3 is 27.5 Å². The van der Waals surface area contributed by atoms with Crippen LogP contribution < -0.4 is 9.80 Å². The van der Waals surface area contributed by atoms with Gasteiger partial charge >= 0.3 is 0 Å². The van der Waals surface area contributed by atoms with Gasteiger partial charge in [-0.05, 0) is 97.1 Å². The van der Waals surface area contributed by atoms with E-state index < -0.39 is 0 Å². The van der Waals surface area contributed by atoms with E-state index in [0.29, 0.717) is 17.0 Å². The number of fused-ring (bicyclic) bond motifs is 10. The molecule has 0 amide bonds. The number of aromatic nitrogens is 1. The zero-order chi connectivity index (χ0) is 40.7. The normalized spacial score (nSPS) is 11.9. The van der Waals surface area contributed by atoms with Crippen molar-refractivity contribution in [3.8, 4) is 11.5 Å². The molecule has 4 aromatic heterocycles. The van der Waals surface area contributed by atoms with E-state index in [-0.39, 0.29) is 0 Å². The standard InChI is InChI=1S/C55H33N3O4/c1-3-14-35(15-4-1)57(37-27-29-51-44(31-37)41-20-9-11-24-49(41)59-51)38-32-45-54(62-55(56-45)34-26-28-42-39-18-7-10-23-48(39)60-52(42)30-34)47(33-38)58(36-16-5-2-6-17-36)46-22-13-21-43-40-19-8-12-25-50(40)61-53(43)46/h1-33H. The Morgan fingerprint density at radius 2 is 0.887 bits per heavy atom. The lowest BCUT2D eigenvalue weighted by Gasteiger charge is -2.29. The second kappa shape index (κ2) is 13.5. The molecular formula is C55H33N3O4. The van der Waals surface area contributed by atoms with Gasteiger partial charge in [-0.25, -0.2) is 4.98 Å². The van der Waals surface area contributed by atoms with E-state index in [4.69, 9.17) is 22.7 Å². The molecular weight excluding hydrogens is 767 g/mol. The monoisotopic (exact) mass is 799 g/mol. The molecule has 0 saturated heterocycles. The maximum Gasteiger partial charge on any atom is 0.227 e. The van der Waals surface area contributed by atoms with Gasteiger partial charge in [0.25, 0.3) is 0 Å². The lowest BCUT2D eigenvalue weighted by molar-refractivity contribution is 0.619. The Labute approximate surface area is 353 Å². The smallest absolute Gasteiger partial charge is 0.227 e. The zero-order valence-corrected chi connectivity index (χ0v) is 33.0. The number of benzene rings is 9. The summed E-state index contributed by atoms with van der Waals surface area (Å²) in [7, 11) is 0. The third-order valence-electron chi connectivity index (χ3n) is 11.9. The molecule has 4 heterocycles. The molecule has 62 heavy (non-hydrogen) atoms. The van der Waals surface area contributed by atoms with Gasteiger partial charge in [0.1, 0.15) is 33.4 Å². The minimum Gasteiger partial charge on any atom is -0.456 e. The zero-order valence-electron chi connectivity index (χ0n) is 33.0. The molecule has 0 fully saturated rings. The van der Waals surface area contributed by atoms with Crippen molar-refractivity contribution in [2.75, 3.05) is 9.80 Å². The first kappa shape index (κ1) is 34.3. The summed E-state index contributed by atoms with van der Waals surface area (Å²) in [6.45, 7) is 0. The quantitative estimate of drug-likeness (QED) is 0.159. The molecule has 0 N–H and O–H groups in total. The van der Waals surface area contributed by atoms with E-state index in [1.807, 2.05) is 72.8 Å². The summed E-state index contributed by atoms with van der Waals surface area (Å²) in [5.74, 6) is 0.480. The third kappa shape index (κ3) is 5.35. The molecule has 0 aliphatic rings. The lowest BCUT2D eigenvalue weighted by Crippen LogP contribution is -2.13. The van der Waals surface area contributed by atoms with Crippen LogP contribution in [0.5, 0.6) is 0 Å². The highest BCUT2D eigenvalue weighted by molar-refractivity contribution is 6.12. The molecule has 13 aromatic rings. The van der Waals surface area contributed by atoms with Crippen LogP contribution in [-0.2, 0) is 0 Å². The van der Waals surface area contributed by atoms with E-state index >= 15 is 0 Å². The molecule has 7 heteroatoms. The van der Waals surface area contributed by atoms with E-state index in [1.165, 1.54) is 0 Å². The number of rotatable bonds is 7. The molecule has 0 unspecified atom stereocenters. The lowest BCUT2D eigenvalue weighted by atomic mass is 10.1. The van der Waals surface area contributed by atoms with Crippen LogP contribution in [0.3, 0.4) is 0 Å². The Balaban J connectivity index is 1.09. The van der Waals surface area contributed by atoms with Crippen molar-refractivity contribution in [1.82, 2.24) is 4.98 Å². The van der Waals surface area contributed by atoms with E-state index in [9.17, 15) is 0 Å². The Morgan fingerprint density at radius 3 is 1.63 bits per heavy atom. The van der Waals surface area contributed by atoms with Crippen molar-refractivity contribution in [2.24, 2.45) is 0 Å². The van der Waals surface area contributed by atoms with Gasteiger partial charge in [0, 0.05) is 54.9 Å². The highest BCUT2D eigenvalue weighted by Gasteiger charge is 2.27. The number of anilines is 6. The minimum absolute atomic E-state index is 0.480. The van der Waals surface area contributed by atoms with Crippen LogP contribution >= 0.6 is 0 Å². The summed E-state index contributed by atoms with van der Waals surface area (Å²) in [4.78, 5) is 9.78. The van der Waals surface area contributed by atoms with Gasteiger partial charge in [-0.2, -0.15) is 0 Å². The minimum atomic E-state index is 0.480. The van der Waals surface area contributed by atoms with Gasteiger partial charge in [0.05, 0.1) is 17.1 Å². The Hall–Kier alpha value is -8.55. The number of oxazole rings is 1. The molecule has 0 saturated carbocycles. The number of hydrogen-bond donors (Lipinski definition) is 0. The van der Waals surface area contributed by atoms with Crippen molar-refractivity contribution in [2.45, 2.75) is 0 Å². The van der Waals surface area contributed by atoms with Crippen LogP contribution in [0.25, 0.3) is 88.4 Å². The fraction of sp³-hybridized carbons (Fsp3) is 0. The van der Waals surface area contributed by atoms with Crippen LogP contribution in [0, 0.1) is 0 Å². The molecule has 0 spiro atoms. The summed E-state index contributed by atoms with van der Waals surface area (Å²) in [5.41, 5.74) is 12.4. The van der Waals surface area contributed by atoms with Gasteiger partial charge in [0.2, 0.25) is 5.89 Å². The number of nitrogens with zero attached hydrogens (tertiary/aromatic N) is 3. The molecule has 13 rings (SSSR count). The van der Waals surface area contributed by atoms with Crippen LogP contribution in [-0.4, -0.2) is 4.98 Å². The average molecular weight is 800 g/mol. The molecule has 0 radical (unpaired) electrons. The number of hydrogen-bond acceptors (Lipinski definition) is 7. The third-order valence-corrected chi connectivity index (χ3v) is 11.9. The Bertz CT molecular complexity index is 3840. The maximum atomic E-state index is 6.99. The molecule has 0 aliphatic carbocycles. The molecule has 7 nitrogen and oxygen atoms in total. The Morgan fingerprint density at radius 1 is 0.306 bits per heavy atom. The van der Waals surface area contributed by atoms with Gasteiger partial charge in [0.15, 0.2) is 11.2 Å². The van der Waals surface area contributed by atoms with Gasteiger partial charge in [-0.15, -0.1) is 0 Å². The Kier molecular flexibility index (Phi) is 7.47. The van der Waals surface area contributed by atoms with Crippen LogP contribution in [0.15, 0.2) is 218 Å². The second-order valence-corrected chi connectivity index (χ2v) is 15.5. The van der Waals surface area contributed by atoms with E-state index in [2.05, 4.69) is 137 Å². The maximum absolute atomic E-state index is 6.99. The predicted molar refractivity (Wildman–Crippen MR) is 251 cm³/mol. The first-order chi connectivity index (χ1) is 30.7. The topological polar surface area (TPSA) is 71.9 Å². The fourth-order valence-electron chi connectivity index (χ4n) is 9.05. The van der Waals surface area contributed by atoms with Crippen LogP contribution in [0.1, 0.15) is 0 Å². The second-order valence-electron chi connectivity index (χ2n) is 15.5. The summed E-state index contributed by atoms with van der Waals surface area (Å²) in [6.07, 6.45) is 0. The molecule has 9 aromatic carbocycles. The predicted octanol–water partition coefficient (Wildman–Crippen LogP) is 16.1. The van der Waals surface area contributed by atoms with Crippen molar-refractivity contribution in [1.29, 1.82) is 0 Å². The van der Waals surface area contributed by atoms with Crippen molar-refractivity contribution >= 4 is 111 Å². The summed E-state index contributed by atoms with van der Waals surface area (Å²) < 4.78 is 26.3. The van der Waals surface area contributed by atoms with Crippen molar-refractivity contribution in [3.05, 3.63) is 200 Å². The molecule has 0 bridgehead atoms. The van der Waals surface area contributed by atoms with Crippen LogP contribution in [0.2, 0.25) is 0 Å². The first-order valence-electron chi connectivity index (χ1n) is 20.6. The van der Waals surface area contributed by atoms with Crippen molar-refractivity contribution in [3.63, 3.8) is 0 Å². The van der Waals surface area contributed by atoms with Crippen molar-refractivity contribution < 1.29 is 17.7 Å². The molecule has 0 aliphatic heterocycles. The molecule has 0 atom stereocenters. The summed E-state index contributed by atoms with van der Waals surface area (Å²) >= 11 is 0.